The molecule has 3 heteroatoms. The van der Waals surface area contributed by atoms with Crippen molar-refractivity contribution in [3.05, 3.63) is 65.5 Å². The molecule has 1 N–H and O–H groups in total. The molecule has 3 rings (SSSR count). The van der Waals surface area contributed by atoms with Crippen molar-refractivity contribution in [3.8, 4) is 0 Å². The minimum Gasteiger partial charge on any atom is -0.351 e. The number of nitrogens with zero attached hydrogens (tertiary/aromatic N) is 1. The average Bonchev–Trinajstić information content (AvgIpc) is 3.30. The SMILES string of the molecule is Cc1ccccc1CC(C)(C)NC(=O)C1CC1c1cccnc1. The molecule has 3 nitrogen and oxygen atoms in total. The fourth-order valence-electron chi connectivity index (χ4n) is 3.20. The molecular formula is C20H24N2O. The summed E-state index contributed by atoms with van der Waals surface area (Å²) in [7, 11) is 0. The van der Waals surface area contributed by atoms with Crippen LogP contribution in [0.25, 0.3) is 0 Å². The lowest BCUT2D eigenvalue weighted by Gasteiger charge is -2.27. The van der Waals surface area contributed by atoms with Crippen molar-refractivity contribution in [2.75, 3.05) is 0 Å². The lowest BCUT2D eigenvalue weighted by Crippen LogP contribution is -2.46. The van der Waals surface area contributed by atoms with E-state index in [1.54, 1.807) is 6.20 Å². The Morgan fingerprint density at radius 3 is 2.74 bits per heavy atom. The van der Waals surface area contributed by atoms with E-state index in [9.17, 15) is 4.79 Å². The van der Waals surface area contributed by atoms with Crippen LogP contribution in [-0.2, 0) is 11.2 Å². The molecule has 0 spiro atoms. The van der Waals surface area contributed by atoms with Crippen molar-refractivity contribution in [2.45, 2.75) is 45.1 Å². The van der Waals surface area contributed by atoms with Gasteiger partial charge in [-0.1, -0.05) is 30.3 Å². The fourth-order valence-corrected chi connectivity index (χ4v) is 3.20. The predicted octanol–water partition coefficient (Wildman–Crippen LogP) is 3.63. The van der Waals surface area contributed by atoms with Gasteiger partial charge < -0.3 is 5.32 Å². The van der Waals surface area contributed by atoms with E-state index in [0.29, 0.717) is 5.92 Å². The highest BCUT2D eigenvalue weighted by Crippen LogP contribution is 2.47. The van der Waals surface area contributed by atoms with Gasteiger partial charge in [0, 0.05) is 23.9 Å². The molecular weight excluding hydrogens is 284 g/mol. The molecule has 1 aromatic carbocycles. The highest BCUT2D eigenvalue weighted by Gasteiger charge is 2.45. The van der Waals surface area contributed by atoms with Gasteiger partial charge in [-0.2, -0.15) is 0 Å². The molecule has 120 valence electrons. The normalized spacial score (nSPS) is 20.1. The van der Waals surface area contributed by atoms with E-state index >= 15 is 0 Å². The van der Waals surface area contributed by atoms with Crippen molar-refractivity contribution >= 4 is 5.91 Å². The summed E-state index contributed by atoms with van der Waals surface area (Å²) in [6, 6.07) is 12.4. The predicted molar refractivity (Wildman–Crippen MR) is 92.2 cm³/mol. The zero-order valence-corrected chi connectivity index (χ0v) is 14.0. The number of amides is 1. The number of hydrogen-bond acceptors (Lipinski definition) is 2. The standard InChI is InChI=1S/C20H24N2O/c1-14-7-4-5-8-15(14)12-20(2,3)22-19(23)18-11-17(18)16-9-6-10-21-13-16/h4-10,13,17-18H,11-12H2,1-3H3,(H,22,23). The van der Waals surface area contributed by atoms with E-state index in [-0.39, 0.29) is 17.4 Å². The number of carbonyl (C=O) groups excluding carboxylic acids is 1. The zero-order valence-electron chi connectivity index (χ0n) is 14.0. The maximum absolute atomic E-state index is 12.5. The zero-order chi connectivity index (χ0) is 16.4. The van der Waals surface area contributed by atoms with Crippen molar-refractivity contribution in [2.24, 2.45) is 5.92 Å². The summed E-state index contributed by atoms with van der Waals surface area (Å²) >= 11 is 0. The number of carbonyl (C=O) groups is 1. The Labute approximate surface area is 138 Å². The molecule has 1 heterocycles. The molecule has 2 aromatic rings. The molecule has 1 amide bonds. The molecule has 1 aromatic heterocycles. The molecule has 0 bridgehead atoms. The van der Waals surface area contributed by atoms with Crippen LogP contribution in [0.4, 0.5) is 0 Å². The van der Waals surface area contributed by atoms with Crippen LogP contribution in [0.15, 0.2) is 48.8 Å². The van der Waals surface area contributed by atoms with Crippen LogP contribution < -0.4 is 5.32 Å². The Hall–Kier alpha value is -2.16. The van der Waals surface area contributed by atoms with Crippen molar-refractivity contribution in [3.63, 3.8) is 0 Å². The first kappa shape index (κ1) is 15.7. The van der Waals surface area contributed by atoms with Gasteiger partial charge in [0.2, 0.25) is 5.91 Å². The average molecular weight is 308 g/mol. The molecule has 2 atom stereocenters. The number of hydrogen-bond donors (Lipinski definition) is 1. The largest absolute Gasteiger partial charge is 0.351 e. The van der Waals surface area contributed by atoms with Gasteiger partial charge >= 0.3 is 0 Å². The summed E-state index contributed by atoms with van der Waals surface area (Å²) in [6.07, 6.45) is 5.41. The lowest BCUT2D eigenvalue weighted by molar-refractivity contribution is -0.124. The Kier molecular flexibility index (Phi) is 4.20. The molecule has 0 saturated heterocycles. The third-order valence-electron chi connectivity index (χ3n) is 4.60. The monoisotopic (exact) mass is 308 g/mol. The summed E-state index contributed by atoms with van der Waals surface area (Å²) in [5, 5.41) is 3.23. The summed E-state index contributed by atoms with van der Waals surface area (Å²) < 4.78 is 0. The molecule has 1 saturated carbocycles. The Morgan fingerprint density at radius 2 is 2.04 bits per heavy atom. The van der Waals surface area contributed by atoms with Gasteiger partial charge in [-0.25, -0.2) is 0 Å². The number of pyridine rings is 1. The van der Waals surface area contributed by atoms with E-state index in [2.05, 4.69) is 55.3 Å². The van der Waals surface area contributed by atoms with Crippen LogP contribution in [0.2, 0.25) is 0 Å². The summed E-state index contributed by atoms with van der Waals surface area (Å²) in [5.74, 6) is 0.589. The lowest BCUT2D eigenvalue weighted by atomic mass is 9.92. The van der Waals surface area contributed by atoms with E-state index in [1.165, 1.54) is 16.7 Å². The van der Waals surface area contributed by atoms with Gasteiger partial charge in [0.15, 0.2) is 0 Å². The van der Waals surface area contributed by atoms with Crippen LogP contribution in [0.5, 0.6) is 0 Å². The molecule has 0 radical (unpaired) electrons. The van der Waals surface area contributed by atoms with Gasteiger partial charge in [0.25, 0.3) is 0 Å². The second kappa shape index (κ2) is 6.15. The van der Waals surface area contributed by atoms with Crippen molar-refractivity contribution in [1.29, 1.82) is 0 Å². The maximum Gasteiger partial charge on any atom is 0.224 e. The molecule has 1 aliphatic carbocycles. The van der Waals surface area contributed by atoms with Gasteiger partial charge in [-0.15, -0.1) is 0 Å². The molecule has 1 aliphatic rings. The molecule has 1 fully saturated rings. The molecule has 2 unspecified atom stereocenters. The van der Waals surface area contributed by atoms with E-state index < -0.39 is 0 Å². The second-order valence-corrected chi connectivity index (χ2v) is 7.21. The number of rotatable bonds is 5. The highest BCUT2D eigenvalue weighted by atomic mass is 16.2. The Morgan fingerprint density at radius 1 is 1.26 bits per heavy atom. The summed E-state index contributed by atoms with van der Waals surface area (Å²) in [5.41, 5.74) is 3.49. The first-order chi connectivity index (χ1) is 11.0. The number of aryl methyl sites for hydroxylation is 1. The first-order valence-corrected chi connectivity index (χ1v) is 8.23. The smallest absolute Gasteiger partial charge is 0.224 e. The van der Waals surface area contributed by atoms with Gasteiger partial charge in [-0.3, -0.25) is 9.78 Å². The Bertz CT molecular complexity index is 694. The van der Waals surface area contributed by atoms with E-state index in [4.69, 9.17) is 0 Å². The molecule has 0 aliphatic heterocycles. The van der Waals surface area contributed by atoms with E-state index in [0.717, 1.165) is 12.8 Å². The summed E-state index contributed by atoms with van der Waals surface area (Å²) in [4.78, 5) is 16.7. The quantitative estimate of drug-likeness (QED) is 0.916. The number of aromatic nitrogens is 1. The topological polar surface area (TPSA) is 42.0 Å². The fraction of sp³-hybridized carbons (Fsp3) is 0.400. The first-order valence-electron chi connectivity index (χ1n) is 8.23. The van der Waals surface area contributed by atoms with Crippen molar-refractivity contribution < 1.29 is 4.79 Å². The number of benzene rings is 1. The maximum atomic E-state index is 12.5. The van der Waals surface area contributed by atoms with Crippen LogP contribution >= 0.6 is 0 Å². The highest BCUT2D eigenvalue weighted by molar-refractivity contribution is 5.83. The van der Waals surface area contributed by atoms with Crippen LogP contribution in [0, 0.1) is 12.8 Å². The third-order valence-corrected chi connectivity index (χ3v) is 4.60. The molecule has 23 heavy (non-hydrogen) atoms. The van der Waals surface area contributed by atoms with Crippen LogP contribution in [0.3, 0.4) is 0 Å². The third kappa shape index (κ3) is 3.79. The minimum atomic E-state index is -0.245. The van der Waals surface area contributed by atoms with Gasteiger partial charge in [-0.05, 0) is 62.3 Å². The van der Waals surface area contributed by atoms with Crippen molar-refractivity contribution in [1.82, 2.24) is 10.3 Å². The second-order valence-electron chi connectivity index (χ2n) is 7.21. The van der Waals surface area contributed by atoms with Crippen LogP contribution in [0.1, 0.15) is 42.9 Å². The van der Waals surface area contributed by atoms with Gasteiger partial charge in [0.1, 0.15) is 0 Å². The Balaban J connectivity index is 1.60. The summed E-state index contributed by atoms with van der Waals surface area (Å²) in [6.45, 7) is 6.31. The minimum absolute atomic E-state index is 0.0929. The van der Waals surface area contributed by atoms with Gasteiger partial charge in [0.05, 0.1) is 0 Å². The van der Waals surface area contributed by atoms with E-state index in [1.807, 2.05) is 18.3 Å². The van der Waals surface area contributed by atoms with Crippen LogP contribution in [-0.4, -0.2) is 16.4 Å². The number of nitrogens with one attached hydrogen (secondary N) is 1.